The maximum absolute atomic E-state index is 9.88. The summed E-state index contributed by atoms with van der Waals surface area (Å²) in [6.07, 6.45) is -1.72. The van der Waals surface area contributed by atoms with E-state index in [1.54, 1.807) is 0 Å². The third-order valence-corrected chi connectivity index (χ3v) is 0.566. The van der Waals surface area contributed by atoms with Crippen LogP contribution in [0.1, 0.15) is 0 Å². The minimum absolute atomic E-state index is 0. The van der Waals surface area contributed by atoms with E-state index in [0.717, 1.165) is 0 Å². The summed E-state index contributed by atoms with van der Waals surface area (Å²) in [5.74, 6) is -1.66. The third-order valence-electron chi connectivity index (χ3n) is 0.566. The van der Waals surface area contributed by atoms with Crippen LogP contribution in [0.4, 0.5) is 0 Å². The van der Waals surface area contributed by atoms with Gasteiger partial charge in [0.05, 0.1) is 0 Å². The van der Waals surface area contributed by atoms with Crippen LogP contribution in [0.15, 0.2) is 0 Å². The average Bonchev–Trinajstić information content (AvgIpc) is 1.59. The van der Waals surface area contributed by atoms with Crippen molar-refractivity contribution in [2.24, 2.45) is 5.73 Å². The van der Waals surface area contributed by atoms with Crippen molar-refractivity contribution in [3.8, 4) is 0 Å². The molecule has 2 N–H and O–H groups in total. The number of primary amides is 1. The molecule has 0 aliphatic rings. The molecule has 0 atom stereocenters. The summed E-state index contributed by atoms with van der Waals surface area (Å²) in [5.41, 5.74) is 4.28. The average molecular weight is 256 g/mol. The third kappa shape index (κ3) is 3.55. The summed E-state index contributed by atoms with van der Waals surface area (Å²) in [7, 11) is 0. The standard InChI is InChI=1S/C2H2N3O5.Ag/c3-1(6)2(4(7)8)5(9)10;/h(H2,3,6);/q-1;+1. The zero-order valence-electron chi connectivity index (χ0n) is 4.81. The van der Waals surface area contributed by atoms with Crippen LogP contribution in [-0.2, 0) is 27.2 Å². The van der Waals surface area contributed by atoms with Crippen LogP contribution < -0.4 is 5.73 Å². The van der Waals surface area contributed by atoms with Gasteiger partial charge in [0.2, 0.25) is 5.91 Å². The molecule has 0 aromatic rings. The second-order valence-electron chi connectivity index (χ2n) is 1.20. The van der Waals surface area contributed by atoms with E-state index >= 15 is 0 Å². The van der Waals surface area contributed by atoms with Crippen LogP contribution in [0.3, 0.4) is 0 Å². The number of nitrogens with two attached hydrogens (primary N) is 1. The van der Waals surface area contributed by atoms with Crippen molar-refractivity contribution >= 4 is 5.91 Å². The van der Waals surface area contributed by atoms with Crippen LogP contribution >= 0.6 is 0 Å². The van der Waals surface area contributed by atoms with Crippen LogP contribution in [0, 0.1) is 26.4 Å². The quantitative estimate of drug-likeness (QED) is 0.284. The number of nitrogens with zero attached hydrogens (tertiary/aromatic N) is 2. The first kappa shape index (κ1) is 12.5. The van der Waals surface area contributed by atoms with Crippen molar-refractivity contribution in [2.75, 3.05) is 0 Å². The van der Waals surface area contributed by atoms with E-state index < -0.39 is 21.9 Å². The summed E-state index contributed by atoms with van der Waals surface area (Å²) < 4.78 is 0. The molecule has 0 rings (SSSR count). The van der Waals surface area contributed by atoms with Crippen molar-refractivity contribution in [3.63, 3.8) is 0 Å². The van der Waals surface area contributed by atoms with Gasteiger partial charge in [0.25, 0.3) is 0 Å². The molecule has 0 fully saturated rings. The molecule has 0 radical (unpaired) electrons. The second kappa shape index (κ2) is 4.66. The number of carbonyl (C=O) groups excluding carboxylic acids is 1. The Kier molecular flexibility index (Phi) is 5.31. The zero-order chi connectivity index (χ0) is 8.31. The van der Waals surface area contributed by atoms with E-state index in [9.17, 15) is 25.0 Å². The first-order valence-corrected chi connectivity index (χ1v) is 1.92. The molecule has 0 aromatic heterocycles. The van der Waals surface area contributed by atoms with Crippen LogP contribution in [0.2, 0.25) is 0 Å². The van der Waals surface area contributed by atoms with Crippen molar-refractivity contribution in [1.82, 2.24) is 0 Å². The minimum atomic E-state index is -1.72. The monoisotopic (exact) mass is 255 g/mol. The molecule has 0 bridgehead atoms. The van der Waals surface area contributed by atoms with Gasteiger partial charge in [-0.3, -0.25) is 25.0 Å². The Bertz CT molecular complexity index is 159. The van der Waals surface area contributed by atoms with Crippen molar-refractivity contribution in [2.45, 2.75) is 0 Å². The Morgan fingerprint density at radius 2 is 1.55 bits per heavy atom. The normalized spacial score (nSPS) is 7.64. The Balaban J connectivity index is 0. The first-order chi connectivity index (χ1) is 4.46. The van der Waals surface area contributed by atoms with Gasteiger partial charge in [-0.1, -0.05) is 0 Å². The number of hydrogen-bond donors (Lipinski definition) is 1. The van der Waals surface area contributed by atoms with Crippen LogP contribution in [0.25, 0.3) is 0 Å². The SMILES string of the molecule is NC(=O)[C-]([N+](=O)[O-])[N+](=O)[O-].[Ag+]. The van der Waals surface area contributed by atoms with E-state index in [1.807, 2.05) is 0 Å². The molecule has 8 nitrogen and oxygen atoms in total. The molecule has 0 aliphatic carbocycles. The van der Waals surface area contributed by atoms with E-state index in [1.165, 1.54) is 0 Å². The van der Waals surface area contributed by atoms with E-state index in [4.69, 9.17) is 0 Å². The van der Waals surface area contributed by atoms with Crippen molar-refractivity contribution < 1.29 is 37.0 Å². The first-order valence-electron chi connectivity index (χ1n) is 1.92. The summed E-state index contributed by atoms with van der Waals surface area (Å²) in [6, 6.07) is 0. The fourth-order valence-electron chi connectivity index (χ4n) is 0.247. The van der Waals surface area contributed by atoms with Gasteiger partial charge in [-0.15, -0.1) is 0 Å². The van der Waals surface area contributed by atoms with Gasteiger partial charge in [-0.2, -0.15) is 0 Å². The molecule has 0 aliphatic heterocycles. The zero-order valence-corrected chi connectivity index (χ0v) is 6.30. The molecule has 1 amide bonds. The van der Waals surface area contributed by atoms with E-state index in [-0.39, 0.29) is 22.4 Å². The van der Waals surface area contributed by atoms with Gasteiger partial charge >= 0.3 is 28.5 Å². The molecule has 0 spiro atoms. The largest absolute Gasteiger partial charge is 1.00 e. The summed E-state index contributed by atoms with van der Waals surface area (Å²) >= 11 is 0. The second-order valence-corrected chi connectivity index (χ2v) is 1.20. The molecule has 0 saturated carbocycles. The van der Waals surface area contributed by atoms with Gasteiger partial charge in [-0.25, -0.2) is 0 Å². The molecule has 9 heteroatoms. The number of nitro groups is 2. The van der Waals surface area contributed by atoms with Gasteiger partial charge in [0.15, 0.2) is 0 Å². The van der Waals surface area contributed by atoms with E-state index in [0.29, 0.717) is 0 Å². The minimum Gasteiger partial charge on any atom is -0.384 e. The van der Waals surface area contributed by atoms with Gasteiger partial charge < -0.3 is 5.73 Å². The molecule has 0 saturated heterocycles. The fraction of sp³-hybridized carbons (Fsp3) is 0. The van der Waals surface area contributed by atoms with Crippen molar-refractivity contribution in [3.05, 3.63) is 26.4 Å². The van der Waals surface area contributed by atoms with Gasteiger partial charge in [0, 0.05) is 0 Å². The Morgan fingerprint density at radius 3 is 1.55 bits per heavy atom. The Morgan fingerprint density at radius 1 is 1.27 bits per heavy atom. The van der Waals surface area contributed by atoms with Gasteiger partial charge in [-0.05, 0) is 9.85 Å². The molecule has 11 heavy (non-hydrogen) atoms. The number of hydrogen-bond acceptors (Lipinski definition) is 5. The molecule has 0 heterocycles. The maximum Gasteiger partial charge on any atom is 1.00 e. The Hall–Kier alpha value is -1.12. The molecule has 66 valence electrons. The molecule has 0 unspecified atom stereocenters. The number of amides is 1. The fourth-order valence-corrected chi connectivity index (χ4v) is 0.247. The summed E-state index contributed by atoms with van der Waals surface area (Å²) in [5, 5.41) is 19.2. The molecular formula is C2H2AgN3O5. The molecular weight excluding hydrogens is 254 g/mol. The predicted molar refractivity (Wildman–Crippen MR) is 26.4 cm³/mol. The summed E-state index contributed by atoms with van der Waals surface area (Å²) in [6.45, 7) is 0. The topological polar surface area (TPSA) is 129 Å². The molecule has 0 aromatic carbocycles. The Labute approximate surface area is 75.5 Å². The summed E-state index contributed by atoms with van der Waals surface area (Å²) in [4.78, 5) is 26.2. The van der Waals surface area contributed by atoms with Crippen LogP contribution in [-0.4, -0.2) is 15.8 Å². The smallest absolute Gasteiger partial charge is 0.384 e. The van der Waals surface area contributed by atoms with Gasteiger partial charge in [0.1, 0.15) is 0 Å². The maximum atomic E-state index is 9.88. The van der Waals surface area contributed by atoms with E-state index in [2.05, 4.69) is 5.73 Å². The number of rotatable bonds is 3. The van der Waals surface area contributed by atoms with Crippen LogP contribution in [0.5, 0.6) is 0 Å². The number of carbonyl (C=O) groups is 1. The van der Waals surface area contributed by atoms with Crippen molar-refractivity contribution in [1.29, 1.82) is 0 Å². The predicted octanol–water partition coefficient (Wildman–Crippen LogP) is -1.49.